The summed E-state index contributed by atoms with van der Waals surface area (Å²) in [7, 11) is 0. The average molecular weight is 237 g/mol. The Balaban J connectivity index is 2.32. The molecule has 0 aliphatic heterocycles. The number of aliphatic hydroxyl groups is 1. The lowest BCUT2D eigenvalue weighted by Crippen LogP contribution is -2.27. The van der Waals surface area contributed by atoms with Crippen molar-refractivity contribution in [3.05, 3.63) is 42.0 Å². The van der Waals surface area contributed by atoms with E-state index in [1.54, 1.807) is 0 Å². The highest BCUT2D eigenvalue weighted by Crippen LogP contribution is 2.31. The van der Waals surface area contributed by atoms with Gasteiger partial charge in [0.1, 0.15) is 0 Å². The van der Waals surface area contributed by atoms with Crippen molar-refractivity contribution in [2.75, 3.05) is 5.88 Å². The fourth-order valence-corrected chi connectivity index (χ4v) is 2.41. The zero-order chi connectivity index (χ0) is 11.4. The van der Waals surface area contributed by atoms with Crippen molar-refractivity contribution in [2.45, 2.75) is 31.3 Å². The zero-order valence-electron chi connectivity index (χ0n) is 9.32. The Morgan fingerprint density at radius 3 is 2.62 bits per heavy atom. The van der Waals surface area contributed by atoms with Gasteiger partial charge >= 0.3 is 0 Å². The molecule has 0 saturated heterocycles. The van der Waals surface area contributed by atoms with Gasteiger partial charge in [-0.2, -0.15) is 0 Å². The summed E-state index contributed by atoms with van der Waals surface area (Å²) in [5.74, 6) is 0.281. The van der Waals surface area contributed by atoms with Crippen LogP contribution in [0.4, 0.5) is 0 Å². The molecule has 1 atom stereocenters. The predicted octanol–water partition coefficient (Wildman–Crippen LogP) is 3.61. The highest BCUT2D eigenvalue weighted by molar-refractivity contribution is 6.18. The van der Waals surface area contributed by atoms with Gasteiger partial charge in [0.2, 0.25) is 0 Å². The molecule has 1 aromatic rings. The van der Waals surface area contributed by atoms with Gasteiger partial charge in [-0.05, 0) is 42.9 Å². The second-order valence-electron chi connectivity index (χ2n) is 4.48. The van der Waals surface area contributed by atoms with Crippen molar-refractivity contribution in [3.63, 3.8) is 0 Å². The number of benzene rings is 1. The minimum atomic E-state index is -0.816. The molecule has 1 aliphatic rings. The van der Waals surface area contributed by atoms with Gasteiger partial charge in [0, 0.05) is 0 Å². The van der Waals surface area contributed by atoms with E-state index in [0.29, 0.717) is 0 Å². The summed E-state index contributed by atoms with van der Waals surface area (Å²) in [5, 5.41) is 10.3. The molecule has 0 bridgehead atoms. The van der Waals surface area contributed by atoms with Crippen LogP contribution in [0.2, 0.25) is 0 Å². The van der Waals surface area contributed by atoms with E-state index in [1.807, 2.05) is 24.3 Å². The quantitative estimate of drug-likeness (QED) is 0.778. The minimum absolute atomic E-state index is 0.281. The third-order valence-corrected chi connectivity index (χ3v) is 3.59. The van der Waals surface area contributed by atoms with E-state index in [1.165, 1.54) is 11.1 Å². The van der Waals surface area contributed by atoms with Crippen LogP contribution in [-0.2, 0) is 0 Å². The molecule has 16 heavy (non-hydrogen) atoms. The summed E-state index contributed by atoms with van der Waals surface area (Å²) in [6, 6.07) is 10.2. The molecule has 1 aromatic carbocycles. The van der Waals surface area contributed by atoms with Gasteiger partial charge in [-0.15, -0.1) is 11.6 Å². The van der Waals surface area contributed by atoms with Crippen molar-refractivity contribution in [3.8, 4) is 0 Å². The number of alkyl halides is 1. The van der Waals surface area contributed by atoms with Crippen molar-refractivity contribution in [1.82, 2.24) is 0 Å². The Kier molecular flexibility index (Phi) is 3.67. The first-order chi connectivity index (χ1) is 7.73. The molecule has 1 nitrogen and oxygen atoms in total. The summed E-state index contributed by atoms with van der Waals surface area (Å²) in [4.78, 5) is 0. The van der Waals surface area contributed by atoms with Crippen molar-refractivity contribution >= 4 is 17.2 Å². The van der Waals surface area contributed by atoms with Crippen LogP contribution in [0, 0.1) is 0 Å². The molecule has 1 unspecified atom stereocenters. The molecule has 0 aromatic heterocycles. The predicted molar refractivity (Wildman–Crippen MR) is 68.6 cm³/mol. The molecule has 0 amide bonds. The zero-order valence-corrected chi connectivity index (χ0v) is 10.1. The maximum Gasteiger partial charge on any atom is 0.0968 e. The Hall–Kier alpha value is -0.790. The van der Waals surface area contributed by atoms with Crippen LogP contribution in [0.15, 0.2) is 36.4 Å². The topological polar surface area (TPSA) is 20.2 Å². The third kappa shape index (κ3) is 2.66. The van der Waals surface area contributed by atoms with Gasteiger partial charge in [0.25, 0.3) is 0 Å². The van der Waals surface area contributed by atoms with Gasteiger partial charge in [0.15, 0.2) is 0 Å². The number of hydrogen-bond donors (Lipinski definition) is 1. The summed E-state index contributed by atoms with van der Waals surface area (Å²) in [6.07, 6.45) is 5.92. The fourth-order valence-electron chi connectivity index (χ4n) is 2.20. The van der Waals surface area contributed by atoms with E-state index in [-0.39, 0.29) is 5.88 Å². The Morgan fingerprint density at radius 2 is 1.94 bits per heavy atom. The van der Waals surface area contributed by atoms with Crippen molar-refractivity contribution in [1.29, 1.82) is 0 Å². The van der Waals surface area contributed by atoms with E-state index >= 15 is 0 Å². The lowest BCUT2D eigenvalue weighted by atomic mass is 9.97. The Morgan fingerprint density at radius 1 is 1.19 bits per heavy atom. The molecule has 0 saturated carbocycles. The second-order valence-corrected chi connectivity index (χ2v) is 4.75. The van der Waals surface area contributed by atoms with E-state index < -0.39 is 5.60 Å². The number of rotatable bonds is 2. The SMILES string of the molecule is OC1(CCl)C=C(c2ccccc2)CCCC1. The molecule has 0 heterocycles. The maximum absolute atomic E-state index is 10.3. The standard InChI is InChI=1S/C14H17ClO/c15-11-14(16)9-5-4-8-13(10-14)12-6-2-1-3-7-12/h1-3,6-7,10,16H,4-5,8-9,11H2. The first-order valence-corrected chi connectivity index (χ1v) is 6.32. The largest absolute Gasteiger partial charge is 0.385 e. The van der Waals surface area contributed by atoms with Crippen molar-refractivity contribution < 1.29 is 5.11 Å². The van der Waals surface area contributed by atoms with Crippen LogP contribution in [0.5, 0.6) is 0 Å². The number of hydrogen-bond acceptors (Lipinski definition) is 1. The Bertz CT molecular complexity index is 372. The fraction of sp³-hybridized carbons (Fsp3) is 0.429. The Labute approximate surface area is 102 Å². The molecular formula is C14H17ClO. The summed E-state index contributed by atoms with van der Waals surface area (Å²) in [6.45, 7) is 0. The number of allylic oxidation sites excluding steroid dienone is 1. The van der Waals surface area contributed by atoms with Gasteiger partial charge < -0.3 is 5.11 Å². The number of halogens is 1. The van der Waals surface area contributed by atoms with E-state index in [0.717, 1.165) is 25.7 Å². The van der Waals surface area contributed by atoms with E-state index in [2.05, 4.69) is 12.1 Å². The molecule has 1 N–H and O–H groups in total. The molecular weight excluding hydrogens is 220 g/mol. The lowest BCUT2D eigenvalue weighted by molar-refractivity contribution is 0.105. The second kappa shape index (κ2) is 5.03. The molecule has 1 aliphatic carbocycles. The summed E-state index contributed by atoms with van der Waals surface area (Å²) in [5.41, 5.74) is 1.61. The third-order valence-electron chi connectivity index (χ3n) is 3.12. The highest BCUT2D eigenvalue weighted by atomic mass is 35.5. The smallest absolute Gasteiger partial charge is 0.0968 e. The maximum atomic E-state index is 10.3. The van der Waals surface area contributed by atoms with Crippen LogP contribution < -0.4 is 0 Å². The summed E-state index contributed by atoms with van der Waals surface area (Å²) >= 11 is 5.85. The van der Waals surface area contributed by atoms with Crippen LogP contribution in [0.1, 0.15) is 31.2 Å². The van der Waals surface area contributed by atoms with Crippen LogP contribution >= 0.6 is 11.6 Å². The first kappa shape index (κ1) is 11.7. The van der Waals surface area contributed by atoms with E-state index in [4.69, 9.17) is 11.6 Å². The van der Waals surface area contributed by atoms with Crippen LogP contribution in [0.3, 0.4) is 0 Å². The molecule has 86 valence electrons. The van der Waals surface area contributed by atoms with Gasteiger partial charge in [0.05, 0.1) is 11.5 Å². The van der Waals surface area contributed by atoms with Crippen LogP contribution in [0.25, 0.3) is 5.57 Å². The summed E-state index contributed by atoms with van der Waals surface area (Å²) < 4.78 is 0. The van der Waals surface area contributed by atoms with Crippen molar-refractivity contribution in [2.24, 2.45) is 0 Å². The van der Waals surface area contributed by atoms with Gasteiger partial charge in [-0.1, -0.05) is 30.3 Å². The molecule has 2 heteroatoms. The van der Waals surface area contributed by atoms with Gasteiger partial charge in [-0.3, -0.25) is 0 Å². The highest BCUT2D eigenvalue weighted by Gasteiger charge is 2.25. The molecule has 0 radical (unpaired) electrons. The van der Waals surface area contributed by atoms with E-state index in [9.17, 15) is 5.11 Å². The minimum Gasteiger partial charge on any atom is -0.385 e. The molecule has 0 spiro atoms. The first-order valence-electron chi connectivity index (χ1n) is 5.79. The van der Waals surface area contributed by atoms with Gasteiger partial charge in [-0.25, -0.2) is 0 Å². The molecule has 2 rings (SSSR count). The van der Waals surface area contributed by atoms with Crippen LogP contribution in [-0.4, -0.2) is 16.6 Å². The average Bonchev–Trinajstić information content (AvgIpc) is 2.53. The molecule has 0 fully saturated rings. The lowest BCUT2D eigenvalue weighted by Gasteiger charge is -2.20. The monoisotopic (exact) mass is 236 g/mol. The normalized spacial score (nSPS) is 26.0.